The van der Waals surface area contributed by atoms with Gasteiger partial charge in [0.05, 0.1) is 28.2 Å². The molecule has 1 heterocycles. The van der Waals surface area contributed by atoms with Crippen molar-refractivity contribution in [1.29, 1.82) is 0 Å². The third-order valence-corrected chi connectivity index (χ3v) is 2.70. The number of primary amides is 1. The SMILES string of the molecule is NC(=O)c1cc(N)cnc1Nc1c(F)cccc1Cl. The minimum atomic E-state index is -0.727. The Morgan fingerprint density at radius 3 is 2.79 bits per heavy atom. The van der Waals surface area contributed by atoms with Crippen LogP contribution in [0, 0.1) is 5.82 Å². The molecule has 2 rings (SSSR count). The minimum absolute atomic E-state index is 0.0175. The fourth-order valence-corrected chi connectivity index (χ4v) is 1.71. The van der Waals surface area contributed by atoms with Gasteiger partial charge in [-0.3, -0.25) is 4.79 Å². The third kappa shape index (κ3) is 2.74. The molecule has 0 saturated carbocycles. The van der Waals surface area contributed by atoms with Gasteiger partial charge in [-0.15, -0.1) is 0 Å². The first kappa shape index (κ1) is 13.1. The lowest BCUT2D eigenvalue weighted by Crippen LogP contribution is -2.15. The Kier molecular flexibility index (Phi) is 3.52. The van der Waals surface area contributed by atoms with E-state index in [0.29, 0.717) is 0 Å². The fourth-order valence-electron chi connectivity index (χ4n) is 1.50. The summed E-state index contributed by atoms with van der Waals surface area (Å²) in [6.45, 7) is 0. The number of rotatable bonds is 3. The second-order valence-corrected chi connectivity index (χ2v) is 4.16. The summed E-state index contributed by atoms with van der Waals surface area (Å²) >= 11 is 5.87. The Balaban J connectivity index is 2.47. The van der Waals surface area contributed by atoms with E-state index in [2.05, 4.69) is 10.3 Å². The van der Waals surface area contributed by atoms with E-state index in [4.69, 9.17) is 23.1 Å². The molecule has 5 N–H and O–H groups in total. The number of nitrogens with one attached hydrogen (secondary N) is 1. The summed E-state index contributed by atoms with van der Waals surface area (Å²) in [6.07, 6.45) is 1.32. The molecule has 0 aliphatic heterocycles. The molecule has 0 aliphatic rings. The highest BCUT2D eigenvalue weighted by molar-refractivity contribution is 6.33. The maximum Gasteiger partial charge on any atom is 0.252 e. The van der Waals surface area contributed by atoms with E-state index in [1.165, 1.54) is 30.5 Å². The molecule has 2 aromatic rings. The van der Waals surface area contributed by atoms with Gasteiger partial charge in [-0.1, -0.05) is 17.7 Å². The Labute approximate surface area is 113 Å². The van der Waals surface area contributed by atoms with Gasteiger partial charge in [-0.2, -0.15) is 0 Å². The molecule has 0 fully saturated rings. The lowest BCUT2D eigenvalue weighted by molar-refractivity contribution is 0.100. The summed E-state index contributed by atoms with van der Waals surface area (Å²) < 4.78 is 13.6. The lowest BCUT2D eigenvalue weighted by Gasteiger charge is -2.11. The Morgan fingerprint density at radius 1 is 1.42 bits per heavy atom. The molecule has 0 unspecified atom stereocenters. The molecule has 1 aromatic carbocycles. The molecule has 0 radical (unpaired) electrons. The molecule has 1 amide bonds. The number of nitrogens with two attached hydrogens (primary N) is 2. The molecule has 0 atom stereocenters. The van der Waals surface area contributed by atoms with Crippen molar-refractivity contribution in [2.75, 3.05) is 11.1 Å². The molecule has 0 bridgehead atoms. The van der Waals surface area contributed by atoms with Gasteiger partial charge in [0.2, 0.25) is 0 Å². The van der Waals surface area contributed by atoms with E-state index in [1.54, 1.807) is 0 Å². The summed E-state index contributed by atoms with van der Waals surface area (Å²) in [5, 5.41) is 2.80. The van der Waals surface area contributed by atoms with Crippen LogP contribution in [0.1, 0.15) is 10.4 Å². The largest absolute Gasteiger partial charge is 0.397 e. The number of carbonyl (C=O) groups excluding carboxylic acids is 1. The maximum atomic E-state index is 13.6. The standard InChI is InChI=1S/C12H10ClFN4O/c13-8-2-1-3-9(14)10(8)18-12-7(11(16)19)4-6(15)5-17-12/h1-5H,15H2,(H2,16,19)(H,17,18). The van der Waals surface area contributed by atoms with Crippen LogP contribution < -0.4 is 16.8 Å². The number of halogens is 2. The number of anilines is 3. The summed E-state index contributed by atoms with van der Waals surface area (Å²) in [5.74, 6) is -1.20. The van der Waals surface area contributed by atoms with Crippen LogP contribution in [0.3, 0.4) is 0 Å². The zero-order valence-electron chi connectivity index (χ0n) is 9.65. The first-order valence-electron chi connectivity index (χ1n) is 5.25. The molecule has 0 spiro atoms. The molecule has 98 valence electrons. The van der Waals surface area contributed by atoms with E-state index in [-0.39, 0.29) is 27.8 Å². The molecule has 0 saturated heterocycles. The van der Waals surface area contributed by atoms with Crippen LogP contribution in [0.2, 0.25) is 5.02 Å². The summed E-state index contributed by atoms with van der Waals surface area (Å²) in [7, 11) is 0. The minimum Gasteiger partial charge on any atom is -0.397 e. The van der Waals surface area contributed by atoms with Crippen LogP contribution in [0.15, 0.2) is 30.5 Å². The third-order valence-electron chi connectivity index (χ3n) is 2.38. The number of nitrogens with zero attached hydrogens (tertiary/aromatic N) is 1. The van der Waals surface area contributed by atoms with Crippen molar-refractivity contribution in [3.8, 4) is 0 Å². The van der Waals surface area contributed by atoms with Crippen LogP contribution >= 0.6 is 11.6 Å². The second-order valence-electron chi connectivity index (χ2n) is 3.75. The van der Waals surface area contributed by atoms with Crippen LogP contribution in [-0.4, -0.2) is 10.9 Å². The molecular weight excluding hydrogens is 271 g/mol. The first-order chi connectivity index (χ1) is 8.99. The van der Waals surface area contributed by atoms with Gasteiger partial charge in [-0.05, 0) is 18.2 Å². The number of amides is 1. The van der Waals surface area contributed by atoms with Crippen molar-refractivity contribution in [1.82, 2.24) is 4.98 Å². The van der Waals surface area contributed by atoms with Crippen molar-refractivity contribution >= 4 is 34.7 Å². The topological polar surface area (TPSA) is 94.0 Å². The highest BCUT2D eigenvalue weighted by Gasteiger charge is 2.14. The predicted octanol–water partition coefficient (Wildman–Crippen LogP) is 2.30. The molecule has 1 aromatic heterocycles. The van der Waals surface area contributed by atoms with Crippen molar-refractivity contribution in [2.45, 2.75) is 0 Å². The van der Waals surface area contributed by atoms with Gasteiger partial charge >= 0.3 is 0 Å². The van der Waals surface area contributed by atoms with E-state index < -0.39 is 11.7 Å². The highest BCUT2D eigenvalue weighted by atomic mass is 35.5. The Bertz CT molecular complexity index is 627. The number of pyridine rings is 1. The first-order valence-corrected chi connectivity index (χ1v) is 5.63. The number of hydrogen-bond acceptors (Lipinski definition) is 4. The number of carbonyl (C=O) groups is 1. The quantitative estimate of drug-likeness (QED) is 0.804. The van der Waals surface area contributed by atoms with Gasteiger partial charge in [0.25, 0.3) is 5.91 Å². The number of benzene rings is 1. The smallest absolute Gasteiger partial charge is 0.252 e. The number of aromatic nitrogens is 1. The van der Waals surface area contributed by atoms with E-state index in [0.717, 1.165) is 0 Å². The van der Waals surface area contributed by atoms with Gasteiger partial charge in [0, 0.05) is 0 Å². The second kappa shape index (κ2) is 5.11. The van der Waals surface area contributed by atoms with Crippen LogP contribution in [0.25, 0.3) is 0 Å². The average molecular weight is 281 g/mol. The van der Waals surface area contributed by atoms with Crippen LogP contribution in [-0.2, 0) is 0 Å². The summed E-state index contributed by atoms with van der Waals surface area (Å²) in [6, 6.07) is 5.56. The highest BCUT2D eigenvalue weighted by Crippen LogP contribution is 2.29. The zero-order valence-corrected chi connectivity index (χ0v) is 10.4. The molecule has 0 aliphatic carbocycles. The number of nitrogen functional groups attached to an aromatic ring is 1. The normalized spacial score (nSPS) is 10.2. The van der Waals surface area contributed by atoms with Crippen molar-refractivity contribution < 1.29 is 9.18 Å². The van der Waals surface area contributed by atoms with Crippen molar-refractivity contribution in [3.63, 3.8) is 0 Å². The molecule has 7 heteroatoms. The lowest BCUT2D eigenvalue weighted by atomic mass is 10.2. The van der Waals surface area contributed by atoms with Crippen molar-refractivity contribution in [2.24, 2.45) is 5.73 Å². The number of para-hydroxylation sites is 1. The fraction of sp³-hybridized carbons (Fsp3) is 0. The number of hydrogen-bond donors (Lipinski definition) is 3. The monoisotopic (exact) mass is 280 g/mol. The van der Waals surface area contributed by atoms with Gasteiger partial charge in [0.1, 0.15) is 11.6 Å². The van der Waals surface area contributed by atoms with Gasteiger partial charge in [0.15, 0.2) is 0 Å². The molecule has 5 nitrogen and oxygen atoms in total. The van der Waals surface area contributed by atoms with E-state index >= 15 is 0 Å². The van der Waals surface area contributed by atoms with Gasteiger partial charge in [-0.25, -0.2) is 9.37 Å². The molecule has 19 heavy (non-hydrogen) atoms. The van der Waals surface area contributed by atoms with Gasteiger partial charge < -0.3 is 16.8 Å². The van der Waals surface area contributed by atoms with Crippen LogP contribution in [0.4, 0.5) is 21.6 Å². The van der Waals surface area contributed by atoms with E-state index in [9.17, 15) is 9.18 Å². The zero-order chi connectivity index (χ0) is 14.0. The maximum absolute atomic E-state index is 13.6. The Morgan fingerprint density at radius 2 is 2.16 bits per heavy atom. The van der Waals surface area contributed by atoms with Crippen molar-refractivity contribution in [3.05, 3.63) is 46.9 Å². The summed E-state index contributed by atoms with van der Waals surface area (Å²) in [4.78, 5) is 15.2. The predicted molar refractivity (Wildman–Crippen MR) is 71.9 cm³/mol. The average Bonchev–Trinajstić information content (AvgIpc) is 2.35. The van der Waals surface area contributed by atoms with Crippen LogP contribution in [0.5, 0.6) is 0 Å². The van der Waals surface area contributed by atoms with E-state index in [1.807, 2.05) is 0 Å². The molecular formula is C12H10ClFN4O. The summed E-state index contributed by atoms with van der Waals surface area (Å²) in [5.41, 5.74) is 11.1. The Hall–Kier alpha value is -2.34.